The van der Waals surface area contributed by atoms with Crippen LogP contribution in [0.2, 0.25) is 0 Å². The summed E-state index contributed by atoms with van der Waals surface area (Å²) in [7, 11) is 0. The van der Waals surface area contributed by atoms with E-state index >= 15 is 0 Å². The van der Waals surface area contributed by atoms with Gasteiger partial charge in [-0.25, -0.2) is 0 Å². The van der Waals surface area contributed by atoms with E-state index in [1.165, 1.54) is 55.6 Å². The van der Waals surface area contributed by atoms with E-state index < -0.39 is 0 Å². The fourth-order valence-electron chi connectivity index (χ4n) is 6.48. The quantitative estimate of drug-likeness (QED) is 0.239. The van der Waals surface area contributed by atoms with E-state index in [4.69, 9.17) is 0 Å². The second kappa shape index (κ2) is 7.68. The molecule has 5 aromatic carbocycles. The van der Waals surface area contributed by atoms with Crippen LogP contribution in [-0.2, 0) is 5.41 Å². The van der Waals surface area contributed by atoms with Crippen molar-refractivity contribution in [1.29, 1.82) is 0 Å². The Bertz CT molecular complexity index is 1490. The van der Waals surface area contributed by atoms with Gasteiger partial charge >= 0.3 is 0 Å². The number of hydrogen-bond donors (Lipinski definition) is 0. The minimum atomic E-state index is -0.318. The molecule has 8 rings (SSSR count). The maximum atomic E-state index is 2.42. The zero-order chi connectivity index (χ0) is 23.4. The molecule has 0 heterocycles. The number of hydrogen-bond acceptors (Lipinski definition) is 0. The monoisotopic (exact) mass is 446 g/mol. The summed E-state index contributed by atoms with van der Waals surface area (Å²) in [4.78, 5) is 0. The first-order chi connectivity index (χ1) is 17.3. The molecule has 0 unspecified atom stereocenters. The molecule has 0 aliphatic heterocycles. The standard InChI is InChI=1S/C35H26/c1-24-19-22-27(23-26(24)21-20-25-11-3-2-4-12-25)35-31-16-8-5-13-28(31)34(29-14-6-9-17-32(29)35)30-15-7-10-18-33(30)35/h2-23,34H,1H3/b21-20+. The van der Waals surface area contributed by atoms with Crippen LogP contribution in [0.1, 0.15) is 61.6 Å². The predicted molar refractivity (Wildman–Crippen MR) is 146 cm³/mol. The fraction of sp³-hybridized carbons (Fsp3) is 0.0857. The molecule has 0 saturated heterocycles. The van der Waals surface area contributed by atoms with E-state index in [2.05, 4.69) is 140 Å². The zero-order valence-electron chi connectivity index (χ0n) is 19.8. The highest BCUT2D eigenvalue weighted by Gasteiger charge is 2.52. The van der Waals surface area contributed by atoms with Crippen LogP contribution in [0.25, 0.3) is 12.2 Å². The van der Waals surface area contributed by atoms with Crippen molar-refractivity contribution in [3.63, 3.8) is 0 Å². The molecular formula is C35H26. The van der Waals surface area contributed by atoms with Crippen molar-refractivity contribution < 1.29 is 0 Å². The largest absolute Gasteiger partial charge is 0.0710 e. The van der Waals surface area contributed by atoms with Gasteiger partial charge in [0.25, 0.3) is 0 Å². The maximum Gasteiger partial charge on any atom is 0.0710 e. The molecule has 0 atom stereocenters. The van der Waals surface area contributed by atoms with E-state index in [-0.39, 0.29) is 5.41 Å². The van der Waals surface area contributed by atoms with Crippen molar-refractivity contribution in [3.05, 3.63) is 177 Å². The van der Waals surface area contributed by atoms with E-state index in [9.17, 15) is 0 Å². The molecule has 0 aromatic heterocycles. The van der Waals surface area contributed by atoms with Crippen molar-refractivity contribution in [3.8, 4) is 0 Å². The highest BCUT2D eigenvalue weighted by atomic mass is 14.5. The Morgan fingerprint density at radius 2 is 1.06 bits per heavy atom. The summed E-state index contributed by atoms with van der Waals surface area (Å²) >= 11 is 0. The number of aryl methyl sites for hydroxylation is 1. The summed E-state index contributed by atoms with van der Waals surface area (Å²) in [6.07, 6.45) is 4.49. The fourth-order valence-corrected chi connectivity index (χ4v) is 6.48. The minimum absolute atomic E-state index is 0.295. The van der Waals surface area contributed by atoms with Gasteiger partial charge in [0.1, 0.15) is 0 Å². The van der Waals surface area contributed by atoms with Crippen LogP contribution < -0.4 is 0 Å². The molecule has 0 amide bonds. The maximum absolute atomic E-state index is 2.42. The first kappa shape index (κ1) is 20.2. The van der Waals surface area contributed by atoms with Crippen LogP contribution in [-0.4, -0.2) is 0 Å². The van der Waals surface area contributed by atoms with Crippen LogP contribution in [0, 0.1) is 6.92 Å². The third-order valence-corrected chi connectivity index (χ3v) is 7.99. The molecule has 3 aliphatic rings. The minimum Gasteiger partial charge on any atom is -0.0622 e. The molecule has 5 aromatic rings. The van der Waals surface area contributed by atoms with Gasteiger partial charge in [-0.3, -0.25) is 0 Å². The summed E-state index contributed by atoms with van der Waals surface area (Å²) in [5.74, 6) is 0.295. The van der Waals surface area contributed by atoms with E-state index in [0.29, 0.717) is 5.92 Å². The molecule has 0 heteroatoms. The molecule has 2 bridgehead atoms. The molecular weight excluding hydrogens is 420 g/mol. The van der Waals surface area contributed by atoms with Crippen LogP contribution in [0.15, 0.2) is 121 Å². The van der Waals surface area contributed by atoms with Crippen molar-refractivity contribution in [2.75, 3.05) is 0 Å². The Balaban J connectivity index is 1.53. The van der Waals surface area contributed by atoms with E-state index in [1.54, 1.807) is 0 Å². The Morgan fingerprint density at radius 3 is 1.63 bits per heavy atom. The summed E-state index contributed by atoms with van der Waals surface area (Å²) in [6.45, 7) is 2.21. The first-order valence-corrected chi connectivity index (χ1v) is 12.4. The smallest absolute Gasteiger partial charge is 0.0622 e. The topological polar surface area (TPSA) is 0 Å². The Hall–Kier alpha value is -4.16. The van der Waals surface area contributed by atoms with Crippen molar-refractivity contribution in [2.45, 2.75) is 18.3 Å². The van der Waals surface area contributed by atoms with Gasteiger partial charge in [0.15, 0.2) is 0 Å². The lowest BCUT2D eigenvalue weighted by molar-refractivity contribution is 0.629. The van der Waals surface area contributed by atoms with Crippen molar-refractivity contribution in [2.24, 2.45) is 0 Å². The first-order valence-electron chi connectivity index (χ1n) is 12.4. The molecule has 0 fully saturated rings. The SMILES string of the molecule is Cc1ccc(C23c4ccccc4C(c4ccccc42)c2ccccc23)cc1/C=C/c1ccccc1. The van der Waals surface area contributed by atoms with Crippen molar-refractivity contribution >= 4 is 12.2 Å². The summed E-state index contributed by atoms with van der Waals surface area (Å²) in [5, 5.41) is 0. The highest BCUT2D eigenvalue weighted by molar-refractivity contribution is 5.78. The van der Waals surface area contributed by atoms with Gasteiger partial charge in [-0.2, -0.15) is 0 Å². The van der Waals surface area contributed by atoms with Gasteiger partial charge in [0.05, 0.1) is 5.41 Å². The molecule has 0 N–H and O–H groups in total. The lowest BCUT2D eigenvalue weighted by Crippen LogP contribution is -2.43. The molecule has 0 radical (unpaired) electrons. The van der Waals surface area contributed by atoms with E-state index in [1.807, 2.05) is 0 Å². The molecule has 166 valence electrons. The Kier molecular flexibility index (Phi) is 4.44. The van der Waals surface area contributed by atoms with Gasteiger partial charge in [-0.05, 0) is 68.6 Å². The van der Waals surface area contributed by atoms with Crippen LogP contribution >= 0.6 is 0 Å². The van der Waals surface area contributed by atoms with Crippen LogP contribution in [0.5, 0.6) is 0 Å². The number of rotatable bonds is 3. The summed E-state index contributed by atoms with van der Waals surface area (Å²) < 4.78 is 0. The average molecular weight is 447 g/mol. The lowest BCUT2D eigenvalue weighted by atomic mass is 9.51. The average Bonchev–Trinajstić information content (AvgIpc) is 2.93. The van der Waals surface area contributed by atoms with Gasteiger partial charge in [0, 0.05) is 5.92 Å². The third kappa shape index (κ3) is 2.80. The van der Waals surface area contributed by atoms with Gasteiger partial charge < -0.3 is 0 Å². The second-order valence-electron chi connectivity index (χ2n) is 9.76. The van der Waals surface area contributed by atoms with Gasteiger partial charge in [-0.15, -0.1) is 0 Å². The predicted octanol–water partition coefficient (Wildman–Crippen LogP) is 8.36. The highest BCUT2D eigenvalue weighted by Crippen LogP contribution is 2.61. The second-order valence-corrected chi connectivity index (χ2v) is 9.76. The molecule has 0 saturated carbocycles. The van der Waals surface area contributed by atoms with Gasteiger partial charge in [-0.1, -0.05) is 127 Å². The van der Waals surface area contributed by atoms with Crippen LogP contribution in [0.4, 0.5) is 0 Å². The Morgan fingerprint density at radius 1 is 0.543 bits per heavy atom. The van der Waals surface area contributed by atoms with E-state index in [0.717, 1.165) is 0 Å². The molecule has 35 heavy (non-hydrogen) atoms. The van der Waals surface area contributed by atoms with Crippen LogP contribution in [0.3, 0.4) is 0 Å². The molecule has 0 spiro atoms. The zero-order valence-corrected chi connectivity index (χ0v) is 19.8. The number of benzene rings is 5. The Labute approximate surface area is 207 Å². The normalized spacial score (nSPS) is 19.3. The molecule has 0 nitrogen and oxygen atoms in total. The summed E-state index contributed by atoms with van der Waals surface area (Å²) in [5.41, 5.74) is 13.4. The van der Waals surface area contributed by atoms with Crippen molar-refractivity contribution in [1.82, 2.24) is 0 Å². The van der Waals surface area contributed by atoms with Gasteiger partial charge in [0.2, 0.25) is 0 Å². The third-order valence-electron chi connectivity index (χ3n) is 7.99. The lowest BCUT2D eigenvalue weighted by Gasteiger charge is -2.51. The molecule has 3 aliphatic carbocycles. The summed E-state index contributed by atoms with van der Waals surface area (Å²) in [6, 6.07) is 44.9.